The Hall–Kier alpha value is 2.04. The van der Waals surface area contributed by atoms with Crippen LogP contribution in [0.15, 0.2) is 0 Å². The molecular weight excluding hydrogens is 370 g/mol. The second kappa shape index (κ2) is 15.4. The van der Waals surface area contributed by atoms with Crippen molar-refractivity contribution in [2.75, 3.05) is 0 Å². The fourth-order valence-corrected chi connectivity index (χ4v) is 0. The van der Waals surface area contributed by atoms with Crippen molar-refractivity contribution in [3.63, 3.8) is 0 Å². The number of rotatable bonds is 0. The van der Waals surface area contributed by atoms with Crippen LogP contribution in [0, 0.1) is 0 Å². The summed E-state index contributed by atoms with van der Waals surface area (Å²) < 4.78 is 25.6. The summed E-state index contributed by atoms with van der Waals surface area (Å²) in [6.07, 6.45) is 0. The minimum atomic E-state index is -5.39. The minimum Gasteiger partial charge on any atom is -0.822 e. The quantitative estimate of drug-likeness (QED) is 0.284. The van der Waals surface area contributed by atoms with Crippen molar-refractivity contribution >= 4 is 40.8 Å². The van der Waals surface area contributed by atoms with Gasteiger partial charge in [-0.05, 0) is 0 Å². The summed E-state index contributed by atoms with van der Waals surface area (Å²) in [5, 5.41) is 0. The first kappa shape index (κ1) is 36.9. The van der Waals surface area contributed by atoms with Gasteiger partial charge < -0.3 is 57.7 Å². The second-order valence-corrected chi connectivity index (χ2v) is 4.02. The molecule has 96 valence electrons. The molecule has 0 heterocycles. The molecule has 0 radical (unpaired) electrons. The molecule has 0 saturated carbocycles. The molecule has 0 saturated heterocycles. The van der Waals surface area contributed by atoms with E-state index in [1.165, 1.54) is 0 Å². The van der Waals surface area contributed by atoms with Crippen molar-refractivity contribution in [3.8, 4) is 0 Å². The first-order valence-corrected chi connectivity index (χ1v) is 6.57. The fraction of sp³-hybridized carbons (Fsp3) is 0. The van der Waals surface area contributed by atoms with Crippen LogP contribution in [0.5, 0.6) is 0 Å². The van der Waals surface area contributed by atoms with E-state index in [4.69, 9.17) is 57.7 Å². The Kier molecular flexibility index (Phi) is 31.6. The van der Waals surface area contributed by atoms with E-state index in [1.807, 2.05) is 0 Å². The van der Waals surface area contributed by atoms with Gasteiger partial charge in [0.25, 0.3) is 0 Å². The van der Waals surface area contributed by atoms with E-state index in [0.29, 0.717) is 0 Å². The van der Waals surface area contributed by atoms with Gasteiger partial charge in [0.15, 0.2) is 0 Å². The van der Waals surface area contributed by atoms with Crippen molar-refractivity contribution in [1.82, 2.24) is 0 Å². The Bertz CT molecular complexity index is 213. The van der Waals surface area contributed by atoms with Crippen molar-refractivity contribution < 1.29 is 95.2 Å². The minimum absolute atomic E-state index is 0. The SMILES string of the molecule is O=P([O-])([O-])[O-].O=P([O-])([O-])[O-].O=P([O-])([O-])[O-].[Al+3].[Li+].[V+5]. The van der Waals surface area contributed by atoms with Gasteiger partial charge in [0.1, 0.15) is 0 Å². The summed E-state index contributed by atoms with van der Waals surface area (Å²) in [5.74, 6) is 0. The molecule has 18 heteroatoms. The predicted octanol–water partition coefficient (Wildman–Crippen LogP) is -11.9. The van der Waals surface area contributed by atoms with E-state index in [1.54, 1.807) is 0 Å². The largest absolute Gasteiger partial charge is 5.00 e. The standard InChI is InChI=1S/Al.Li.3H3O4P.V/c;;3*1-5(2,3)4;/h;;3*(H3,1,2,3,4);/q+3;+1;;;;+5/p-9. The molecule has 0 amide bonds. The Morgan fingerprint density at radius 1 is 0.500 bits per heavy atom. The van der Waals surface area contributed by atoms with Crippen LogP contribution in [0.1, 0.15) is 0 Å². The summed E-state index contributed by atoms with van der Waals surface area (Å²) >= 11 is 0. The van der Waals surface area contributed by atoms with E-state index in [9.17, 15) is 0 Å². The van der Waals surface area contributed by atoms with Gasteiger partial charge in [-0.1, -0.05) is 0 Å². The van der Waals surface area contributed by atoms with Crippen LogP contribution >= 0.6 is 23.5 Å². The third-order valence-electron chi connectivity index (χ3n) is 0. The van der Waals surface area contributed by atoms with Crippen LogP contribution in [0.3, 0.4) is 0 Å². The van der Waals surface area contributed by atoms with Crippen molar-refractivity contribution in [2.24, 2.45) is 0 Å². The fourth-order valence-electron chi connectivity index (χ4n) is 0. The number of hydrogen-bond acceptors (Lipinski definition) is 12. The molecule has 0 aliphatic rings. The molecule has 0 rings (SSSR count). The van der Waals surface area contributed by atoms with E-state index in [2.05, 4.69) is 0 Å². The molecule has 0 aliphatic heterocycles. The zero-order valence-corrected chi connectivity index (χ0v) is 13.5. The molecule has 0 fully saturated rings. The Balaban J connectivity index is -0.0000000277. The maximum atomic E-state index is 8.55. The maximum absolute atomic E-state index is 8.55. The average Bonchev–Trinajstić information content (AvgIpc) is 1.41. The molecule has 0 aromatic heterocycles. The third-order valence-corrected chi connectivity index (χ3v) is 0. The van der Waals surface area contributed by atoms with Crippen LogP contribution in [0.25, 0.3) is 0 Å². The van der Waals surface area contributed by atoms with Gasteiger partial charge in [0, 0.05) is 0 Å². The van der Waals surface area contributed by atoms with Gasteiger partial charge in [-0.25, -0.2) is 0 Å². The molecule has 0 unspecified atom stereocenters. The summed E-state index contributed by atoms with van der Waals surface area (Å²) in [4.78, 5) is 76.9. The van der Waals surface area contributed by atoms with Gasteiger partial charge in [-0.2, -0.15) is 23.5 Å². The van der Waals surface area contributed by atoms with E-state index in [0.717, 1.165) is 0 Å². The van der Waals surface area contributed by atoms with Crippen LogP contribution in [0.2, 0.25) is 0 Å². The van der Waals surface area contributed by atoms with Gasteiger partial charge in [0.2, 0.25) is 0 Å². The molecule has 0 N–H and O–H groups in total. The summed E-state index contributed by atoms with van der Waals surface area (Å²) in [6, 6.07) is 0. The smallest absolute Gasteiger partial charge is 0.822 e. The summed E-state index contributed by atoms with van der Waals surface area (Å²) in [7, 11) is -16.2. The monoisotopic (exact) mass is 370 g/mol. The van der Waals surface area contributed by atoms with Gasteiger partial charge in [-0.3, -0.25) is 0 Å². The van der Waals surface area contributed by atoms with E-state index in [-0.39, 0.29) is 54.8 Å². The Morgan fingerprint density at radius 3 is 0.500 bits per heavy atom. The first-order chi connectivity index (χ1) is 6.00. The molecular formula is AlLiO12P3V. The average molecular weight is 370 g/mol. The van der Waals surface area contributed by atoms with E-state index >= 15 is 0 Å². The third kappa shape index (κ3) is 1250. The molecule has 0 aromatic carbocycles. The van der Waals surface area contributed by atoms with E-state index < -0.39 is 23.5 Å². The molecule has 0 spiro atoms. The molecule has 12 nitrogen and oxygen atoms in total. The Labute approximate surface area is 135 Å². The molecule has 0 aromatic rings. The van der Waals surface area contributed by atoms with Gasteiger partial charge in [0.05, 0.1) is 0 Å². The number of phosphoric acid groups is 3. The molecule has 18 heavy (non-hydrogen) atoms. The topological polar surface area (TPSA) is 259 Å². The number of hydrogen-bond donors (Lipinski definition) is 0. The first-order valence-electron chi connectivity index (χ1n) is 2.19. The molecule has 0 atom stereocenters. The second-order valence-electron chi connectivity index (χ2n) is 1.34. The van der Waals surface area contributed by atoms with Gasteiger partial charge in [-0.15, -0.1) is 0 Å². The van der Waals surface area contributed by atoms with Crippen LogP contribution in [0.4, 0.5) is 0 Å². The zero-order chi connectivity index (χ0) is 13.5. The predicted molar refractivity (Wildman–Crippen MR) is 28.6 cm³/mol. The normalized spacial score (nSPS) is 9.83. The molecule has 0 bridgehead atoms. The zero-order valence-electron chi connectivity index (χ0n) is 8.27. The van der Waals surface area contributed by atoms with Crippen molar-refractivity contribution in [2.45, 2.75) is 0 Å². The summed E-state index contributed by atoms with van der Waals surface area (Å²) in [5.41, 5.74) is 0. The molecule has 0 aliphatic carbocycles. The van der Waals surface area contributed by atoms with Crippen LogP contribution in [-0.4, -0.2) is 17.4 Å². The van der Waals surface area contributed by atoms with Crippen LogP contribution < -0.4 is 62.9 Å². The van der Waals surface area contributed by atoms with Gasteiger partial charge >= 0.3 is 54.8 Å². The maximum Gasteiger partial charge on any atom is 5.00 e. The van der Waals surface area contributed by atoms with Crippen molar-refractivity contribution in [3.05, 3.63) is 0 Å². The van der Waals surface area contributed by atoms with Crippen molar-refractivity contribution in [1.29, 1.82) is 0 Å². The Morgan fingerprint density at radius 2 is 0.500 bits per heavy atom. The van der Waals surface area contributed by atoms with Crippen LogP contribution in [-0.2, 0) is 32.3 Å². The summed E-state index contributed by atoms with van der Waals surface area (Å²) in [6.45, 7) is 0.